The van der Waals surface area contributed by atoms with Gasteiger partial charge >= 0.3 is 0 Å². The predicted octanol–water partition coefficient (Wildman–Crippen LogP) is 3.21. The van der Waals surface area contributed by atoms with Crippen LogP contribution in [-0.2, 0) is 23.2 Å². The van der Waals surface area contributed by atoms with Gasteiger partial charge in [0.25, 0.3) is 5.24 Å². The Morgan fingerprint density at radius 1 is 1.18 bits per heavy atom. The fourth-order valence-corrected chi connectivity index (χ4v) is 3.85. The van der Waals surface area contributed by atoms with Crippen LogP contribution in [0.2, 0.25) is 0 Å². The van der Waals surface area contributed by atoms with Crippen molar-refractivity contribution in [2.45, 2.75) is 44.0 Å². The molecule has 1 aliphatic heterocycles. The molecule has 1 saturated heterocycles. The SMILES string of the molecule is CC1(Cc2ccc(OCCc3ccc(C(C)(C)O)cn3)cc2)SC(=O)NC1=O. The summed E-state index contributed by atoms with van der Waals surface area (Å²) < 4.78 is 5.00. The first-order valence-corrected chi connectivity index (χ1v) is 9.91. The molecule has 2 aromatic rings. The molecule has 3 rings (SSSR count). The van der Waals surface area contributed by atoms with Crippen LogP contribution in [0.4, 0.5) is 4.79 Å². The molecule has 1 unspecified atom stereocenters. The quantitative estimate of drug-likeness (QED) is 0.742. The minimum Gasteiger partial charge on any atom is -0.493 e. The number of aromatic nitrogens is 1. The molecule has 0 radical (unpaired) electrons. The molecule has 1 aromatic carbocycles. The summed E-state index contributed by atoms with van der Waals surface area (Å²) in [6, 6.07) is 11.3. The largest absolute Gasteiger partial charge is 0.493 e. The molecule has 2 N–H and O–H groups in total. The number of amides is 2. The molecule has 0 bridgehead atoms. The lowest BCUT2D eigenvalue weighted by molar-refractivity contribution is -0.121. The average Bonchev–Trinajstić information content (AvgIpc) is 2.88. The van der Waals surface area contributed by atoms with E-state index < -0.39 is 10.3 Å². The molecule has 2 heterocycles. The Hall–Kier alpha value is -2.38. The van der Waals surface area contributed by atoms with Crippen molar-refractivity contribution in [3.05, 3.63) is 59.4 Å². The molecule has 28 heavy (non-hydrogen) atoms. The minimum atomic E-state index is -0.897. The van der Waals surface area contributed by atoms with E-state index in [1.165, 1.54) is 0 Å². The molecule has 148 valence electrons. The fourth-order valence-electron chi connectivity index (χ4n) is 2.92. The number of carbonyl (C=O) groups excluding carboxylic acids is 2. The number of benzene rings is 1. The van der Waals surface area contributed by atoms with E-state index >= 15 is 0 Å². The van der Waals surface area contributed by atoms with Crippen LogP contribution in [0, 0.1) is 0 Å². The van der Waals surface area contributed by atoms with Crippen molar-refractivity contribution in [3.63, 3.8) is 0 Å². The predicted molar refractivity (Wildman–Crippen MR) is 108 cm³/mol. The van der Waals surface area contributed by atoms with Crippen molar-refractivity contribution in [3.8, 4) is 5.75 Å². The maximum atomic E-state index is 11.9. The summed E-state index contributed by atoms with van der Waals surface area (Å²) in [5.74, 6) is 0.493. The Morgan fingerprint density at radius 2 is 1.89 bits per heavy atom. The molecule has 1 fully saturated rings. The second-order valence-corrected chi connectivity index (χ2v) is 9.07. The van der Waals surface area contributed by atoms with Gasteiger partial charge < -0.3 is 9.84 Å². The van der Waals surface area contributed by atoms with Gasteiger partial charge in [-0.05, 0) is 62.7 Å². The lowest BCUT2D eigenvalue weighted by Crippen LogP contribution is -2.35. The second kappa shape index (κ2) is 7.93. The first-order chi connectivity index (χ1) is 13.2. The number of carbonyl (C=O) groups is 2. The van der Waals surface area contributed by atoms with Crippen LogP contribution < -0.4 is 10.1 Å². The molecule has 1 aromatic heterocycles. The Kier molecular flexibility index (Phi) is 5.76. The summed E-state index contributed by atoms with van der Waals surface area (Å²) in [5, 5.41) is 12.0. The Balaban J connectivity index is 1.51. The summed E-state index contributed by atoms with van der Waals surface area (Å²) >= 11 is 1.04. The summed E-state index contributed by atoms with van der Waals surface area (Å²) in [4.78, 5) is 27.7. The van der Waals surface area contributed by atoms with Crippen LogP contribution in [0.15, 0.2) is 42.6 Å². The van der Waals surface area contributed by atoms with Gasteiger partial charge in [-0.1, -0.05) is 18.2 Å². The van der Waals surface area contributed by atoms with E-state index in [1.54, 1.807) is 27.0 Å². The minimum absolute atomic E-state index is 0.245. The molecule has 0 saturated carbocycles. The molecule has 2 amide bonds. The molecule has 1 aliphatic rings. The smallest absolute Gasteiger partial charge is 0.286 e. The summed E-state index contributed by atoms with van der Waals surface area (Å²) in [6.45, 7) is 5.72. The Morgan fingerprint density at radius 3 is 2.43 bits per heavy atom. The second-order valence-electron chi connectivity index (χ2n) is 7.59. The van der Waals surface area contributed by atoms with Gasteiger partial charge in [0.15, 0.2) is 0 Å². The summed E-state index contributed by atoms with van der Waals surface area (Å²) in [6.07, 6.45) is 2.82. The van der Waals surface area contributed by atoms with Crippen molar-refractivity contribution in [2.24, 2.45) is 0 Å². The molecule has 7 heteroatoms. The highest BCUT2D eigenvalue weighted by molar-refractivity contribution is 8.16. The highest BCUT2D eigenvalue weighted by Gasteiger charge is 2.43. The zero-order valence-electron chi connectivity index (χ0n) is 16.2. The number of nitrogens with zero attached hydrogens (tertiary/aromatic N) is 1. The first kappa shape index (κ1) is 20.4. The third-order valence-corrected chi connectivity index (χ3v) is 5.70. The highest BCUT2D eigenvalue weighted by Crippen LogP contribution is 2.34. The van der Waals surface area contributed by atoms with E-state index in [2.05, 4.69) is 10.3 Å². The average molecular weight is 401 g/mol. The van der Waals surface area contributed by atoms with E-state index in [4.69, 9.17) is 4.74 Å². The molecular formula is C21H24N2O4S. The van der Waals surface area contributed by atoms with E-state index in [0.717, 1.165) is 34.3 Å². The van der Waals surface area contributed by atoms with Crippen LogP contribution in [0.25, 0.3) is 0 Å². The number of aliphatic hydroxyl groups is 1. The van der Waals surface area contributed by atoms with Gasteiger partial charge in [-0.15, -0.1) is 0 Å². The van der Waals surface area contributed by atoms with Gasteiger partial charge in [-0.2, -0.15) is 0 Å². The number of rotatable bonds is 7. The van der Waals surface area contributed by atoms with Gasteiger partial charge in [0.05, 0.1) is 12.2 Å². The maximum Gasteiger partial charge on any atom is 0.286 e. The van der Waals surface area contributed by atoms with Crippen LogP contribution in [0.3, 0.4) is 0 Å². The lowest BCUT2D eigenvalue weighted by Gasteiger charge is -2.18. The fraction of sp³-hybridized carbons (Fsp3) is 0.381. The summed E-state index contributed by atoms with van der Waals surface area (Å²) in [7, 11) is 0. The highest BCUT2D eigenvalue weighted by atomic mass is 32.2. The van der Waals surface area contributed by atoms with Gasteiger partial charge in [0.2, 0.25) is 5.91 Å². The molecule has 0 aliphatic carbocycles. The van der Waals surface area contributed by atoms with Crippen molar-refractivity contribution in [1.82, 2.24) is 10.3 Å². The first-order valence-electron chi connectivity index (χ1n) is 9.10. The zero-order chi connectivity index (χ0) is 20.4. The Bertz CT molecular complexity index is 859. The number of pyridine rings is 1. The number of imide groups is 1. The molecule has 0 spiro atoms. The third-order valence-electron chi connectivity index (χ3n) is 4.64. The van der Waals surface area contributed by atoms with E-state index in [0.29, 0.717) is 19.4 Å². The van der Waals surface area contributed by atoms with Crippen molar-refractivity contribution in [2.75, 3.05) is 6.61 Å². The van der Waals surface area contributed by atoms with Crippen LogP contribution >= 0.6 is 11.8 Å². The van der Waals surface area contributed by atoms with Gasteiger partial charge in [0, 0.05) is 23.9 Å². The van der Waals surface area contributed by atoms with Crippen molar-refractivity contribution < 1.29 is 19.4 Å². The number of hydrogen-bond donors (Lipinski definition) is 2. The van der Waals surface area contributed by atoms with Crippen molar-refractivity contribution >= 4 is 22.9 Å². The zero-order valence-corrected chi connectivity index (χ0v) is 17.0. The van der Waals surface area contributed by atoms with Crippen LogP contribution in [0.5, 0.6) is 5.75 Å². The monoisotopic (exact) mass is 400 g/mol. The van der Waals surface area contributed by atoms with Crippen LogP contribution in [-0.4, -0.2) is 32.6 Å². The third kappa shape index (κ3) is 4.91. The molecule has 1 atom stereocenters. The topological polar surface area (TPSA) is 88.5 Å². The van der Waals surface area contributed by atoms with E-state index in [9.17, 15) is 14.7 Å². The van der Waals surface area contributed by atoms with Gasteiger partial charge in [-0.25, -0.2) is 0 Å². The normalized spacial score (nSPS) is 19.6. The van der Waals surface area contributed by atoms with Gasteiger partial charge in [-0.3, -0.25) is 19.9 Å². The van der Waals surface area contributed by atoms with Crippen LogP contribution in [0.1, 0.15) is 37.6 Å². The molecule has 6 nitrogen and oxygen atoms in total. The Labute approximate surface area is 168 Å². The number of nitrogens with one attached hydrogen (secondary N) is 1. The number of thioether (sulfide) groups is 1. The lowest BCUT2D eigenvalue weighted by atomic mass is 9.99. The number of hydrogen-bond acceptors (Lipinski definition) is 6. The van der Waals surface area contributed by atoms with E-state index in [1.807, 2.05) is 36.4 Å². The maximum absolute atomic E-state index is 11.9. The standard InChI is InChI=1S/C21H24N2O4S/c1-20(2,26)15-6-7-16(22-13-15)10-11-27-17-8-4-14(5-9-17)12-21(3)18(24)23-19(25)28-21/h4-9,13,26H,10-12H2,1-3H3,(H,23,24,25). The van der Waals surface area contributed by atoms with E-state index in [-0.39, 0.29) is 11.1 Å². The molecular weight excluding hydrogens is 376 g/mol. The van der Waals surface area contributed by atoms with Crippen molar-refractivity contribution in [1.29, 1.82) is 0 Å². The summed E-state index contributed by atoms with van der Waals surface area (Å²) in [5.41, 5.74) is 1.74. The number of ether oxygens (including phenoxy) is 1. The van der Waals surface area contributed by atoms with Gasteiger partial charge in [0.1, 0.15) is 10.5 Å².